The zero-order valence-corrected chi connectivity index (χ0v) is 9.93. The lowest BCUT2D eigenvalue weighted by Crippen LogP contribution is -2.40. The molecule has 4 nitrogen and oxygen atoms in total. The summed E-state index contributed by atoms with van der Waals surface area (Å²) in [4.78, 5) is 15.6. The fraction of sp³-hybridized carbons (Fsp3) is 0.600. The van der Waals surface area contributed by atoms with Gasteiger partial charge in [0.05, 0.1) is 16.7 Å². The number of hydrogen-bond donors (Lipinski definition) is 2. The minimum absolute atomic E-state index is 0.0792. The molecule has 1 aromatic rings. The van der Waals surface area contributed by atoms with Crippen LogP contribution in [-0.2, 0) is 11.2 Å². The first kappa shape index (κ1) is 12.1. The number of amides is 1. The maximum Gasteiger partial charge on any atom is 0.236 e. The van der Waals surface area contributed by atoms with Crippen molar-refractivity contribution >= 4 is 17.2 Å². The number of carbonyl (C=O) groups excluding carboxylic acids is 1. The van der Waals surface area contributed by atoms with Gasteiger partial charge in [-0.1, -0.05) is 6.92 Å². The molecule has 0 aromatic carbocycles. The summed E-state index contributed by atoms with van der Waals surface area (Å²) in [6, 6.07) is -0.387. The van der Waals surface area contributed by atoms with Crippen molar-refractivity contribution in [1.82, 2.24) is 10.3 Å². The van der Waals surface area contributed by atoms with Crippen LogP contribution in [-0.4, -0.2) is 23.5 Å². The van der Waals surface area contributed by atoms with Crippen LogP contribution in [0.15, 0.2) is 5.38 Å². The summed E-state index contributed by atoms with van der Waals surface area (Å²) in [7, 11) is 0. The molecule has 0 saturated carbocycles. The van der Waals surface area contributed by atoms with Crippen LogP contribution in [0.25, 0.3) is 0 Å². The molecule has 15 heavy (non-hydrogen) atoms. The maximum absolute atomic E-state index is 11.3. The Hall–Kier alpha value is -0.940. The number of rotatable bonds is 5. The number of nitrogens with two attached hydrogens (primary N) is 1. The van der Waals surface area contributed by atoms with Crippen molar-refractivity contribution in [3.05, 3.63) is 16.1 Å². The second-order valence-electron chi connectivity index (χ2n) is 3.41. The first-order chi connectivity index (χ1) is 7.13. The molecular weight excluding hydrogens is 210 g/mol. The minimum atomic E-state index is -0.387. The van der Waals surface area contributed by atoms with Gasteiger partial charge in [-0.15, -0.1) is 11.3 Å². The van der Waals surface area contributed by atoms with Crippen molar-refractivity contribution < 1.29 is 4.79 Å². The van der Waals surface area contributed by atoms with Crippen LogP contribution >= 0.6 is 11.3 Å². The van der Waals surface area contributed by atoms with E-state index in [0.717, 1.165) is 17.1 Å². The van der Waals surface area contributed by atoms with Crippen LogP contribution in [0, 0.1) is 6.92 Å². The third kappa shape index (κ3) is 3.97. The van der Waals surface area contributed by atoms with Crippen LogP contribution in [0.1, 0.15) is 24.0 Å². The Balaban J connectivity index is 2.24. The first-order valence-corrected chi connectivity index (χ1v) is 5.95. The maximum atomic E-state index is 11.3. The van der Waals surface area contributed by atoms with Gasteiger partial charge in [-0.3, -0.25) is 4.79 Å². The van der Waals surface area contributed by atoms with Gasteiger partial charge >= 0.3 is 0 Å². The SMILES string of the molecule is CC[C@@H](N)C(=O)NCCc1csc(C)n1. The minimum Gasteiger partial charge on any atom is -0.354 e. The summed E-state index contributed by atoms with van der Waals surface area (Å²) >= 11 is 1.63. The number of aromatic nitrogens is 1. The van der Waals surface area contributed by atoms with Gasteiger partial charge in [-0.05, 0) is 13.3 Å². The van der Waals surface area contributed by atoms with Gasteiger partial charge in [0.15, 0.2) is 0 Å². The van der Waals surface area contributed by atoms with Gasteiger partial charge in [0, 0.05) is 18.3 Å². The molecule has 1 rings (SSSR count). The molecule has 1 heterocycles. The Labute approximate surface area is 93.9 Å². The second kappa shape index (κ2) is 5.82. The Morgan fingerprint density at radius 1 is 1.73 bits per heavy atom. The van der Waals surface area contributed by atoms with E-state index >= 15 is 0 Å². The van der Waals surface area contributed by atoms with Crippen LogP contribution in [0.4, 0.5) is 0 Å². The molecule has 1 atom stereocenters. The molecule has 0 aliphatic carbocycles. The number of carbonyl (C=O) groups is 1. The van der Waals surface area contributed by atoms with Gasteiger partial charge in [0.25, 0.3) is 0 Å². The third-order valence-corrected chi connectivity index (χ3v) is 2.95. The Bertz CT molecular complexity index is 324. The lowest BCUT2D eigenvalue weighted by molar-refractivity contribution is -0.122. The summed E-state index contributed by atoms with van der Waals surface area (Å²) in [5, 5.41) is 5.86. The lowest BCUT2D eigenvalue weighted by atomic mass is 10.2. The van der Waals surface area contributed by atoms with Crippen molar-refractivity contribution in [2.75, 3.05) is 6.54 Å². The number of nitrogens with one attached hydrogen (secondary N) is 1. The standard InChI is InChI=1S/C10H17N3OS/c1-3-9(11)10(14)12-5-4-8-6-15-7(2)13-8/h6,9H,3-5,11H2,1-2H3,(H,12,14)/t9-/m1/s1. The molecule has 1 amide bonds. The topological polar surface area (TPSA) is 68.0 Å². The zero-order chi connectivity index (χ0) is 11.3. The van der Waals surface area contributed by atoms with E-state index in [9.17, 15) is 4.79 Å². The van der Waals surface area contributed by atoms with Gasteiger partial charge in [0.2, 0.25) is 5.91 Å². The predicted octanol–water partition coefficient (Wildman–Crippen LogP) is 0.848. The van der Waals surface area contributed by atoms with Crippen LogP contribution in [0.2, 0.25) is 0 Å². The molecule has 84 valence electrons. The molecule has 0 aliphatic rings. The molecule has 0 spiro atoms. The van der Waals surface area contributed by atoms with E-state index in [-0.39, 0.29) is 11.9 Å². The van der Waals surface area contributed by atoms with Gasteiger partial charge in [-0.2, -0.15) is 0 Å². The van der Waals surface area contributed by atoms with Gasteiger partial charge in [0.1, 0.15) is 0 Å². The molecular formula is C10H17N3OS. The highest BCUT2D eigenvalue weighted by Crippen LogP contribution is 2.07. The number of aryl methyl sites for hydroxylation is 1. The summed E-state index contributed by atoms with van der Waals surface area (Å²) in [6.07, 6.45) is 1.44. The van der Waals surface area contributed by atoms with E-state index < -0.39 is 0 Å². The first-order valence-electron chi connectivity index (χ1n) is 5.07. The average molecular weight is 227 g/mol. The summed E-state index contributed by atoms with van der Waals surface area (Å²) < 4.78 is 0. The molecule has 0 bridgehead atoms. The van der Waals surface area contributed by atoms with Crippen molar-refractivity contribution in [1.29, 1.82) is 0 Å². The van der Waals surface area contributed by atoms with E-state index in [1.54, 1.807) is 11.3 Å². The average Bonchev–Trinajstić information content (AvgIpc) is 2.63. The summed E-state index contributed by atoms with van der Waals surface area (Å²) in [6.45, 7) is 4.48. The van der Waals surface area contributed by atoms with E-state index in [1.165, 1.54) is 0 Å². The largest absolute Gasteiger partial charge is 0.354 e. The Morgan fingerprint density at radius 3 is 3.00 bits per heavy atom. The number of thiazole rings is 1. The third-order valence-electron chi connectivity index (χ3n) is 2.12. The van der Waals surface area contributed by atoms with E-state index in [2.05, 4.69) is 10.3 Å². The van der Waals surface area contributed by atoms with E-state index in [0.29, 0.717) is 13.0 Å². The number of nitrogens with zero attached hydrogens (tertiary/aromatic N) is 1. The van der Waals surface area contributed by atoms with Crippen LogP contribution < -0.4 is 11.1 Å². The van der Waals surface area contributed by atoms with Gasteiger partial charge < -0.3 is 11.1 Å². The smallest absolute Gasteiger partial charge is 0.236 e. The zero-order valence-electron chi connectivity index (χ0n) is 9.12. The van der Waals surface area contributed by atoms with Gasteiger partial charge in [-0.25, -0.2) is 4.98 Å². The normalized spacial score (nSPS) is 12.5. The highest BCUT2D eigenvalue weighted by Gasteiger charge is 2.09. The monoisotopic (exact) mass is 227 g/mol. The summed E-state index contributed by atoms with van der Waals surface area (Å²) in [5.41, 5.74) is 6.60. The molecule has 5 heteroatoms. The van der Waals surface area contributed by atoms with Crippen molar-refractivity contribution in [2.24, 2.45) is 5.73 Å². The van der Waals surface area contributed by atoms with Crippen LogP contribution in [0.3, 0.4) is 0 Å². The Kier molecular flexibility index (Phi) is 4.71. The number of hydrogen-bond acceptors (Lipinski definition) is 4. The molecule has 0 fully saturated rings. The predicted molar refractivity (Wildman–Crippen MR) is 61.8 cm³/mol. The van der Waals surface area contributed by atoms with Crippen molar-refractivity contribution in [3.63, 3.8) is 0 Å². The van der Waals surface area contributed by atoms with E-state index in [4.69, 9.17) is 5.73 Å². The van der Waals surface area contributed by atoms with Crippen molar-refractivity contribution in [3.8, 4) is 0 Å². The molecule has 0 aliphatic heterocycles. The molecule has 3 N–H and O–H groups in total. The lowest BCUT2D eigenvalue weighted by Gasteiger charge is -2.08. The molecule has 0 radical (unpaired) electrons. The molecule has 1 aromatic heterocycles. The highest BCUT2D eigenvalue weighted by molar-refractivity contribution is 7.09. The fourth-order valence-electron chi connectivity index (χ4n) is 1.15. The quantitative estimate of drug-likeness (QED) is 0.783. The summed E-state index contributed by atoms with van der Waals surface area (Å²) in [5.74, 6) is -0.0792. The van der Waals surface area contributed by atoms with Crippen molar-refractivity contribution in [2.45, 2.75) is 32.7 Å². The Morgan fingerprint density at radius 2 is 2.47 bits per heavy atom. The second-order valence-corrected chi connectivity index (χ2v) is 4.48. The molecule has 0 saturated heterocycles. The van der Waals surface area contributed by atoms with E-state index in [1.807, 2.05) is 19.2 Å². The highest BCUT2D eigenvalue weighted by atomic mass is 32.1. The fourth-order valence-corrected chi connectivity index (χ4v) is 1.80. The van der Waals surface area contributed by atoms with Crippen LogP contribution in [0.5, 0.6) is 0 Å². The molecule has 0 unspecified atom stereocenters.